The highest BCUT2D eigenvalue weighted by atomic mass is 32.2. The zero-order valence-electron chi connectivity index (χ0n) is 15.2. The Hall–Kier alpha value is -3.20. The van der Waals surface area contributed by atoms with Gasteiger partial charge in [0.2, 0.25) is 11.1 Å². The number of hydrogen-bond donors (Lipinski definition) is 2. The second-order valence-electron chi connectivity index (χ2n) is 6.07. The van der Waals surface area contributed by atoms with E-state index in [0.717, 1.165) is 11.8 Å². The van der Waals surface area contributed by atoms with Crippen LogP contribution in [0.1, 0.15) is 24.2 Å². The van der Waals surface area contributed by atoms with Crippen molar-refractivity contribution in [1.29, 1.82) is 0 Å². The van der Waals surface area contributed by atoms with Crippen LogP contribution in [0.2, 0.25) is 0 Å². The van der Waals surface area contributed by atoms with Crippen molar-refractivity contribution >= 4 is 29.1 Å². The molecule has 3 aromatic rings. The van der Waals surface area contributed by atoms with Crippen molar-refractivity contribution in [2.45, 2.75) is 24.3 Å². The van der Waals surface area contributed by atoms with Gasteiger partial charge in [0, 0.05) is 16.8 Å². The van der Waals surface area contributed by atoms with Crippen LogP contribution in [0.25, 0.3) is 11.4 Å². The standard InChI is InChI=1S/C19H18FN5O2S/c1-11(26)13-5-9-16(10-6-13)22-18(27)12(2)28-19-24-23-17(25(19)21)14-3-7-15(20)8-4-14/h3-10,12H,21H2,1-2H3,(H,22,27)/t12-/m0/s1. The molecule has 3 N–H and O–H groups in total. The Kier molecular flexibility index (Phi) is 5.74. The van der Waals surface area contributed by atoms with E-state index >= 15 is 0 Å². The fourth-order valence-corrected chi connectivity index (χ4v) is 3.17. The summed E-state index contributed by atoms with van der Waals surface area (Å²) in [7, 11) is 0. The average molecular weight is 399 g/mol. The molecule has 1 heterocycles. The summed E-state index contributed by atoms with van der Waals surface area (Å²) in [5, 5.41) is 10.7. The van der Waals surface area contributed by atoms with Crippen molar-refractivity contribution in [2.75, 3.05) is 11.2 Å². The maximum atomic E-state index is 13.1. The molecule has 0 bridgehead atoms. The van der Waals surface area contributed by atoms with Crippen LogP contribution >= 0.6 is 11.8 Å². The number of benzene rings is 2. The number of carbonyl (C=O) groups is 2. The van der Waals surface area contributed by atoms with Crippen LogP contribution in [-0.4, -0.2) is 31.8 Å². The smallest absolute Gasteiger partial charge is 0.237 e. The first-order valence-electron chi connectivity index (χ1n) is 8.40. The number of rotatable bonds is 6. The Morgan fingerprint density at radius 3 is 2.36 bits per heavy atom. The van der Waals surface area contributed by atoms with E-state index in [4.69, 9.17) is 5.84 Å². The topological polar surface area (TPSA) is 103 Å². The van der Waals surface area contributed by atoms with Crippen molar-refractivity contribution in [1.82, 2.24) is 14.9 Å². The summed E-state index contributed by atoms with van der Waals surface area (Å²) in [5.74, 6) is 5.76. The van der Waals surface area contributed by atoms with Crippen molar-refractivity contribution in [3.05, 3.63) is 59.9 Å². The number of carbonyl (C=O) groups excluding carboxylic acids is 2. The molecule has 0 aliphatic carbocycles. The van der Waals surface area contributed by atoms with Gasteiger partial charge in [0.25, 0.3) is 0 Å². The number of nitrogen functional groups attached to an aromatic ring is 1. The van der Waals surface area contributed by atoms with Crippen molar-refractivity contribution in [3.8, 4) is 11.4 Å². The van der Waals surface area contributed by atoms with Crippen molar-refractivity contribution < 1.29 is 14.0 Å². The molecule has 0 aliphatic rings. The van der Waals surface area contributed by atoms with E-state index < -0.39 is 5.25 Å². The zero-order valence-corrected chi connectivity index (χ0v) is 16.0. The maximum Gasteiger partial charge on any atom is 0.237 e. The van der Waals surface area contributed by atoms with Gasteiger partial charge in [-0.3, -0.25) is 9.59 Å². The lowest BCUT2D eigenvalue weighted by molar-refractivity contribution is -0.115. The third-order valence-electron chi connectivity index (χ3n) is 3.98. The number of anilines is 1. The quantitative estimate of drug-likeness (QED) is 0.375. The highest BCUT2D eigenvalue weighted by Gasteiger charge is 2.20. The van der Waals surface area contributed by atoms with Gasteiger partial charge in [-0.15, -0.1) is 10.2 Å². The Bertz CT molecular complexity index is 1000. The number of hydrogen-bond acceptors (Lipinski definition) is 6. The lowest BCUT2D eigenvalue weighted by atomic mass is 10.1. The Morgan fingerprint density at radius 1 is 1.11 bits per heavy atom. The van der Waals surface area contributed by atoms with Gasteiger partial charge in [-0.2, -0.15) is 0 Å². The highest BCUT2D eigenvalue weighted by Crippen LogP contribution is 2.25. The second-order valence-corrected chi connectivity index (χ2v) is 7.37. The SMILES string of the molecule is CC(=O)c1ccc(NC(=O)[C@H](C)Sc2nnc(-c3ccc(F)cc3)n2N)cc1. The van der Waals surface area contributed by atoms with Crippen molar-refractivity contribution in [3.63, 3.8) is 0 Å². The van der Waals surface area contributed by atoms with E-state index in [-0.39, 0.29) is 17.5 Å². The lowest BCUT2D eigenvalue weighted by Gasteiger charge is -2.12. The third-order valence-corrected chi connectivity index (χ3v) is 5.03. The molecule has 2 aromatic carbocycles. The Balaban J connectivity index is 1.67. The number of ketones is 1. The molecule has 0 radical (unpaired) electrons. The Morgan fingerprint density at radius 2 is 1.75 bits per heavy atom. The van der Waals surface area contributed by atoms with Gasteiger partial charge < -0.3 is 11.2 Å². The highest BCUT2D eigenvalue weighted by molar-refractivity contribution is 8.00. The monoisotopic (exact) mass is 399 g/mol. The molecule has 1 amide bonds. The molecule has 1 aromatic heterocycles. The number of nitrogens with zero attached hydrogens (tertiary/aromatic N) is 3. The summed E-state index contributed by atoms with van der Waals surface area (Å²) in [6.07, 6.45) is 0. The summed E-state index contributed by atoms with van der Waals surface area (Å²) in [6, 6.07) is 12.4. The largest absolute Gasteiger partial charge is 0.335 e. The van der Waals surface area contributed by atoms with Gasteiger partial charge in [-0.05, 0) is 62.4 Å². The minimum absolute atomic E-state index is 0.0407. The summed E-state index contributed by atoms with van der Waals surface area (Å²) < 4.78 is 14.3. The van der Waals surface area contributed by atoms with Crippen LogP contribution in [0.4, 0.5) is 10.1 Å². The number of Topliss-reactive ketones (excluding diaryl/α,β-unsaturated/α-hetero) is 1. The summed E-state index contributed by atoms with van der Waals surface area (Å²) in [6.45, 7) is 3.20. The molecule has 7 nitrogen and oxygen atoms in total. The van der Waals surface area contributed by atoms with Gasteiger partial charge >= 0.3 is 0 Å². The molecule has 3 rings (SSSR count). The summed E-state index contributed by atoms with van der Waals surface area (Å²) in [5.41, 5.74) is 1.78. The number of halogens is 1. The minimum atomic E-state index is -0.500. The van der Waals surface area contributed by atoms with E-state index in [9.17, 15) is 14.0 Å². The van der Waals surface area contributed by atoms with Crippen LogP contribution in [0.3, 0.4) is 0 Å². The van der Waals surface area contributed by atoms with E-state index in [1.165, 1.54) is 23.7 Å². The fourth-order valence-electron chi connectivity index (χ4n) is 2.40. The normalized spacial score (nSPS) is 11.8. The molecule has 0 spiro atoms. The van der Waals surface area contributed by atoms with Gasteiger partial charge in [0.1, 0.15) is 5.82 Å². The third kappa shape index (κ3) is 4.37. The van der Waals surface area contributed by atoms with Crippen LogP contribution in [0.5, 0.6) is 0 Å². The molecule has 0 saturated carbocycles. The van der Waals surface area contributed by atoms with Crippen LogP contribution < -0.4 is 11.2 Å². The molecule has 0 saturated heterocycles. The van der Waals surface area contributed by atoms with E-state index in [2.05, 4.69) is 15.5 Å². The molecular formula is C19H18FN5O2S. The molecule has 144 valence electrons. The van der Waals surface area contributed by atoms with E-state index in [0.29, 0.717) is 27.8 Å². The zero-order chi connectivity index (χ0) is 20.3. The van der Waals surface area contributed by atoms with Gasteiger partial charge in [-0.25, -0.2) is 9.07 Å². The minimum Gasteiger partial charge on any atom is -0.335 e. The molecule has 0 fully saturated rings. The molecule has 1 atom stereocenters. The first-order chi connectivity index (χ1) is 13.3. The number of amides is 1. The predicted molar refractivity (Wildman–Crippen MR) is 106 cm³/mol. The van der Waals surface area contributed by atoms with Crippen LogP contribution in [-0.2, 0) is 4.79 Å². The predicted octanol–water partition coefficient (Wildman–Crippen LogP) is 3.12. The molecule has 28 heavy (non-hydrogen) atoms. The number of nitrogens with two attached hydrogens (primary N) is 1. The average Bonchev–Trinajstić information content (AvgIpc) is 3.03. The van der Waals surface area contributed by atoms with Gasteiger partial charge in [0.05, 0.1) is 5.25 Å². The maximum absolute atomic E-state index is 13.1. The number of nitrogens with one attached hydrogen (secondary N) is 1. The molecule has 9 heteroatoms. The summed E-state index contributed by atoms with van der Waals surface area (Å²) in [4.78, 5) is 23.7. The lowest BCUT2D eigenvalue weighted by Crippen LogP contribution is -2.23. The van der Waals surface area contributed by atoms with E-state index in [1.54, 1.807) is 43.3 Å². The van der Waals surface area contributed by atoms with E-state index in [1.807, 2.05) is 0 Å². The van der Waals surface area contributed by atoms with Gasteiger partial charge in [-0.1, -0.05) is 11.8 Å². The molecule has 0 unspecified atom stereocenters. The molecular weight excluding hydrogens is 381 g/mol. The number of thioether (sulfide) groups is 1. The summed E-state index contributed by atoms with van der Waals surface area (Å²) >= 11 is 1.15. The van der Waals surface area contributed by atoms with Crippen molar-refractivity contribution in [2.24, 2.45) is 0 Å². The second kappa shape index (κ2) is 8.22. The van der Waals surface area contributed by atoms with Crippen LogP contribution in [0.15, 0.2) is 53.7 Å². The first kappa shape index (κ1) is 19.6. The molecule has 0 aliphatic heterocycles. The van der Waals surface area contributed by atoms with Crippen LogP contribution in [0, 0.1) is 5.82 Å². The first-order valence-corrected chi connectivity index (χ1v) is 9.28. The number of aromatic nitrogens is 3. The van der Waals surface area contributed by atoms with Gasteiger partial charge in [0.15, 0.2) is 11.6 Å². The fraction of sp³-hybridized carbons (Fsp3) is 0.158. The Labute approximate surface area is 165 Å².